The molecule has 0 bridgehead atoms. The quantitative estimate of drug-likeness (QED) is 0.805. The fraction of sp³-hybridized carbons (Fsp3) is 0.133. The summed E-state index contributed by atoms with van der Waals surface area (Å²) < 4.78 is 12.9. The van der Waals surface area contributed by atoms with Crippen LogP contribution in [0.3, 0.4) is 0 Å². The molecule has 104 valence electrons. The number of amides is 1. The van der Waals surface area contributed by atoms with Gasteiger partial charge in [-0.3, -0.25) is 4.79 Å². The Bertz CT molecular complexity index is 624. The number of carbonyl (C=O) groups excluding carboxylic acids is 1. The van der Waals surface area contributed by atoms with Crippen molar-refractivity contribution in [2.45, 2.75) is 13.0 Å². The summed E-state index contributed by atoms with van der Waals surface area (Å²) >= 11 is 0. The van der Waals surface area contributed by atoms with Gasteiger partial charge in [-0.2, -0.15) is 0 Å². The Kier molecular flexibility index (Phi) is 4.00. The van der Waals surface area contributed by atoms with E-state index in [2.05, 4.69) is 5.32 Å². The number of carbonyl (C=O) groups is 1. The molecule has 1 atom stereocenters. The Hall–Kier alpha value is -2.40. The molecule has 0 saturated carbocycles. The van der Waals surface area contributed by atoms with Crippen LogP contribution in [-0.2, 0) is 0 Å². The number of hydrogen-bond donors (Lipinski definition) is 3. The number of anilines is 1. The highest BCUT2D eigenvalue weighted by Crippen LogP contribution is 2.20. The summed E-state index contributed by atoms with van der Waals surface area (Å²) in [6.07, 6.45) is 0. The predicted octanol–water partition coefficient (Wildman–Crippen LogP) is 2.80. The zero-order chi connectivity index (χ0) is 14.7. The van der Waals surface area contributed by atoms with Crippen molar-refractivity contribution in [1.29, 1.82) is 0 Å². The topological polar surface area (TPSA) is 75.3 Å². The molecule has 2 aromatic rings. The van der Waals surface area contributed by atoms with Gasteiger partial charge in [0.25, 0.3) is 5.91 Å². The van der Waals surface area contributed by atoms with Crippen LogP contribution in [0.4, 0.5) is 10.1 Å². The van der Waals surface area contributed by atoms with E-state index in [0.29, 0.717) is 5.69 Å². The summed E-state index contributed by atoms with van der Waals surface area (Å²) in [4.78, 5) is 11.9. The zero-order valence-corrected chi connectivity index (χ0v) is 10.9. The lowest BCUT2D eigenvalue weighted by molar-refractivity contribution is 0.102. The van der Waals surface area contributed by atoms with Crippen molar-refractivity contribution < 1.29 is 14.3 Å². The highest BCUT2D eigenvalue weighted by molar-refractivity contribution is 6.06. The number of nitrogens with two attached hydrogens (primary N) is 1. The van der Waals surface area contributed by atoms with Gasteiger partial charge in [0, 0.05) is 17.8 Å². The van der Waals surface area contributed by atoms with Gasteiger partial charge in [0.1, 0.15) is 11.6 Å². The van der Waals surface area contributed by atoms with Crippen LogP contribution in [0.15, 0.2) is 42.5 Å². The summed E-state index contributed by atoms with van der Waals surface area (Å²) in [5.41, 5.74) is 7.27. The maximum Gasteiger partial charge on any atom is 0.259 e. The second-order valence-corrected chi connectivity index (χ2v) is 4.53. The van der Waals surface area contributed by atoms with Gasteiger partial charge in [-0.1, -0.05) is 12.1 Å². The second kappa shape index (κ2) is 5.71. The van der Waals surface area contributed by atoms with Crippen molar-refractivity contribution >= 4 is 11.6 Å². The average Bonchev–Trinajstić information content (AvgIpc) is 2.39. The van der Waals surface area contributed by atoms with Crippen LogP contribution in [0.1, 0.15) is 28.9 Å². The van der Waals surface area contributed by atoms with Crippen molar-refractivity contribution in [1.82, 2.24) is 0 Å². The molecule has 0 aromatic heterocycles. The van der Waals surface area contributed by atoms with Crippen molar-refractivity contribution in [3.63, 3.8) is 0 Å². The highest BCUT2D eigenvalue weighted by Gasteiger charge is 2.12. The van der Waals surface area contributed by atoms with Crippen LogP contribution in [0, 0.1) is 5.82 Å². The first-order valence-electron chi connectivity index (χ1n) is 6.13. The molecule has 20 heavy (non-hydrogen) atoms. The third-order valence-electron chi connectivity index (χ3n) is 2.90. The summed E-state index contributed by atoms with van der Waals surface area (Å²) in [5.74, 6) is -1.49. The Morgan fingerprint density at radius 3 is 2.45 bits per heavy atom. The van der Waals surface area contributed by atoms with E-state index in [0.717, 1.165) is 17.7 Å². The van der Waals surface area contributed by atoms with Gasteiger partial charge in [0.2, 0.25) is 0 Å². The third-order valence-corrected chi connectivity index (χ3v) is 2.90. The van der Waals surface area contributed by atoms with Gasteiger partial charge in [-0.05, 0) is 36.8 Å². The summed E-state index contributed by atoms with van der Waals surface area (Å²) in [7, 11) is 0. The van der Waals surface area contributed by atoms with Crippen LogP contribution in [0.2, 0.25) is 0 Å². The molecule has 2 aromatic carbocycles. The molecule has 0 aliphatic rings. The molecule has 0 aliphatic carbocycles. The van der Waals surface area contributed by atoms with Crippen LogP contribution < -0.4 is 11.1 Å². The number of nitrogens with one attached hydrogen (secondary N) is 1. The number of benzene rings is 2. The summed E-state index contributed by atoms with van der Waals surface area (Å²) in [5, 5.41) is 12.2. The Morgan fingerprint density at radius 1 is 1.25 bits per heavy atom. The molecule has 4 nitrogen and oxygen atoms in total. The lowest BCUT2D eigenvalue weighted by Crippen LogP contribution is -2.12. The van der Waals surface area contributed by atoms with Gasteiger partial charge >= 0.3 is 0 Å². The van der Waals surface area contributed by atoms with Crippen LogP contribution in [0.25, 0.3) is 0 Å². The highest BCUT2D eigenvalue weighted by atomic mass is 19.1. The molecule has 1 amide bonds. The van der Waals surface area contributed by atoms with E-state index in [4.69, 9.17) is 5.73 Å². The van der Waals surface area contributed by atoms with E-state index in [9.17, 15) is 14.3 Å². The number of rotatable bonds is 3. The summed E-state index contributed by atoms with van der Waals surface area (Å²) in [6, 6.07) is 10.2. The molecule has 0 spiro atoms. The van der Waals surface area contributed by atoms with Crippen LogP contribution in [0.5, 0.6) is 5.75 Å². The van der Waals surface area contributed by atoms with E-state index in [-0.39, 0.29) is 11.6 Å². The van der Waals surface area contributed by atoms with Gasteiger partial charge in [-0.25, -0.2) is 4.39 Å². The Balaban J connectivity index is 2.15. The van der Waals surface area contributed by atoms with E-state index >= 15 is 0 Å². The van der Waals surface area contributed by atoms with E-state index < -0.39 is 17.5 Å². The Morgan fingerprint density at radius 2 is 1.90 bits per heavy atom. The molecule has 0 aliphatic heterocycles. The number of phenols is 1. The smallest absolute Gasteiger partial charge is 0.259 e. The maximum atomic E-state index is 12.9. The van der Waals surface area contributed by atoms with Crippen molar-refractivity contribution in [2.75, 3.05) is 5.32 Å². The van der Waals surface area contributed by atoms with E-state index in [1.165, 1.54) is 6.07 Å². The first kappa shape index (κ1) is 14.0. The molecule has 1 unspecified atom stereocenters. The molecule has 2 rings (SSSR count). The minimum atomic E-state index is -0.597. The fourth-order valence-corrected chi connectivity index (χ4v) is 1.77. The average molecular weight is 274 g/mol. The summed E-state index contributed by atoms with van der Waals surface area (Å²) in [6.45, 7) is 1.87. The molecular formula is C15H15FN2O2. The number of halogens is 1. The molecule has 4 N–H and O–H groups in total. The van der Waals surface area contributed by atoms with Crippen molar-refractivity contribution in [3.05, 3.63) is 59.4 Å². The first-order chi connectivity index (χ1) is 9.47. The lowest BCUT2D eigenvalue weighted by atomic mass is 10.1. The Labute approximate surface area is 116 Å². The molecule has 5 heteroatoms. The minimum absolute atomic E-state index is 0.0164. The SMILES string of the molecule is CC(N)c1ccc(NC(=O)c2ccc(F)cc2O)cc1. The van der Waals surface area contributed by atoms with Gasteiger partial charge < -0.3 is 16.2 Å². The lowest BCUT2D eigenvalue weighted by Gasteiger charge is -2.09. The van der Waals surface area contributed by atoms with Gasteiger partial charge in [0.05, 0.1) is 5.56 Å². The molecule has 0 saturated heterocycles. The first-order valence-corrected chi connectivity index (χ1v) is 6.13. The monoisotopic (exact) mass is 274 g/mol. The molecule has 0 heterocycles. The number of hydrogen-bond acceptors (Lipinski definition) is 3. The van der Waals surface area contributed by atoms with Crippen molar-refractivity contribution in [3.8, 4) is 5.75 Å². The molecular weight excluding hydrogens is 259 g/mol. The van der Waals surface area contributed by atoms with Crippen molar-refractivity contribution in [2.24, 2.45) is 5.73 Å². The van der Waals surface area contributed by atoms with Gasteiger partial charge in [0.15, 0.2) is 0 Å². The molecule has 0 radical (unpaired) electrons. The fourth-order valence-electron chi connectivity index (χ4n) is 1.77. The van der Waals surface area contributed by atoms with Crippen LogP contribution >= 0.6 is 0 Å². The maximum absolute atomic E-state index is 12.9. The van der Waals surface area contributed by atoms with E-state index in [1.807, 2.05) is 19.1 Å². The normalized spacial score (nSPS) is 11.9. The third kappa shape index (κ3) is 3.13. The number of phenolic OH excluding ortho intramolecular Hbond substituents is 1. The van der Waals surface area contributed by atoms with Gasteiger partial charge in [-0.15, -0.1) is 0 Å². The minimum Gasteiger partial charge on any atom is -0.507 e. The number of aromatic hydroxyl groups is 1. The largest absolute Gasteiger partial charge is 0.507 e. The second-order valence-electron chi connectivity index (χ2n) is 4.53. The standard InChI is InChI=1S/C15H15FN2O2/c1-9(17)10-2-5-12(6-3-10)18-15(20)13-7-4-11(16)8-14(13)19/h2-9,19H,17H2,1H3,(H,18,20). The predicted molar refractivity (Wildman–Crippen MR) is 75.1 cm³/mol. The molecule has 0 fully saturated rings. The zero-order valence-electron chi connectivity index (χ0n) is 10.9. The van der Waals surface area contributed by atoms with E-state index in [1.54, 1.807) is 12.1 Å². The van der Waals surface area contributed by atoms with Crippen LogP contribution in [-0.4, -0.2) is 11.0 Å².